The Morgan fingerprint density at radius 1 is 1.60 bits per heavy atom. The van der Waals surface area contributed by atoms with Crippen molar-refractivity contribution >= 4 is 16.9 Å². The lowest BCUT2D eigenvalue weighted by atomic mass is 10.3. The zero-order chi connectivity index (χ0) is 10.8. The number of pyridine rings is 1. The van der Waals surface area contributed by atoms with E-state index in [1.165, 1.54) is 4.57 Å². The molecular formula is C10H11N3O2. The highest BCUT2D eigenvalue weighted by atomic mass is 16.2. The van der Waals surface area contributed by atoms with Gasteiger partial charge in [0.25, 0.3) is 0 Å². The Labute approximate surface area is 85.8 Å². The topological polar surface area (TPSA) is 67.8 Å². The monoisotopic (exact) mass is 205 g/mol. The van der Waals surface area contributed by atoms with E-state index in [1.807, 2.05) is 0 Å². The van der Waals surface area contributed by atoms with Crippen molar-refractivity contribution in [3.8, 4) is 0 Å². The van der Waals surface area contributed by atoms with Crippen LogP contribution in [-0.2, 0) is 11.3 Å². The van der Waals surface area contributed by atoms with E-state index in [2.05, 4.69) is 9.97 Å². The quantitative estimate of drug-likeness (QED) is 0.802. The van der Waals surface area contributed by atoms with Crippen molar-refractivity contribution in [2.24, 2.45) is 0 Å². The minimum Gasteiger partial charge on any atom is -0.298 e. The molecule has 0 spiro atoms. The number of nitrogens with zero attached hydrogens (tertiary/aromatic N) is 2. The van der Waals surface area contributed by atoms with E-state index in [-0.39, 0.29) is 18.0 Å². The highest BCUT2D eigenvalue weighted by Crippen LogP contribution is 2.05. The lowest BCUT2D eigenvalue weighted by Crippen LogP contribution is -2.21. The Hall–Kier alpha value is -1.91. The third kappa shape index (κ3) is 1.68. The van der Waals surface area contributed by atoms with Crippen molar-refractivity contribution in [1.82, 2.24) is 14.5 Å². The molecule has 0 fully saturated rings. The van der Waals surface area contributed by atoms with Gasteiger partial charge >= 0.3 is 5.69 Å². The molecule has 2 heterocycles. The maximum atomic E-state index is 11.5. The molecule has 0 saturated carbocycles. The number of imidazole rings is 1. The molecule has 1 N–H and O–H groups in total. The summed E-state index contributed by atoms with van der Waals surface area (Å²) < 4.78 is 1.41. The molecule has 15 heavy (non-hydrogen) atoms. The van der Waals surface area contributed by atoms with Crippen molar-refractivity contribution in [2.45, 2.75) is 19.9 Å². The molecule has 0 aliphatic carbocycles. The van der Waals surface area contributed by atoms with Gasteiger partial charge in [-0.15, -0.1) is 0 Å². The van der Waals surface area contributed by atoms with Gasteiger partial charge in [-0.05, 0) is 12.1 Å². The van der Waals surface area contributed by atoms with Gasteiger partial charge in [-0.3, -0.25) is 14.3 Å². The van der Waals surface area contributed by atoms with E-state index in [1.54, 1.807) is 25.3 Å². The van der Waals surface area contributed by atoms with Gasteiger partial charge in [0.1, 0.15) is 0 Å². The fourth-order valence-electron chi connectivity index (χ4n) is 1.43. The fraction of sp³-hybridized carbons (Fsp3) is 0.300. The van der Waals surface area contributed by atoms with Crippen LogP contribution in [0, 0.1) is 0 Å². The Kier molecular flexibility index (Phi) is 2.37. The van der Waals surface area contributed by atoms with Crippen molar-refractivity contribution in [3.63, 3.8) is 0 Å². The van der Waals surface area contributed by atoms with Gasteiger partial charge in [0, 0.05) is 12.6 Å². The lowest BCUT2D eigenvalue weighted by molar-refractivity contribution is -0.119. The van der Waals surface area contributed by atoms with Gasteiger partial charge in [0.2, 0.25) is 0 Å². The summed E-state index contributed by atoms with van der Waals surface area (Å²) in [5.74, 6) is 0.0295. The van der Waals surface area contributed by atoms with Crippen LogP contribution >= 0.6 is 0 Å². The molecule has 2 aromatic heterocycles. The number of H-pyrrole nitrogens is 1. The number of fused-ring (bicyclic) bond motifs is 1. The van der Waals surface area contributed by atoms with Gasteiger partial charge in [0.15, 0.2) is 11.4 Å². The van der Waals surface area contributed by atoms with Crippen molar-refractivity contribution in [1.29, 1.82) is 0 Å². The summed E-state index contributed by atoms with van der Waals surface area (Å²) in [5, 5.41) is 0. The summed E-state index contributed by atoms with van der Waals surface area (Å²) >= 11 is 0. The van der Waals surface area contributed by atoms with Crippen molar-refractivity contribution in [3.05, 3.63) is 28.8 Å². The standard InChI is InChI=1S/C10H11N3O2/c1-2-7(14)6-13-8-4-3-5-11-9(8)12-10(13)15/h3-5H,2,6H2,1H3,(H,11,12,15). The van der Waals surface area contributed by atoms with Gasteiger partial charge in [0.05, 0.1) is 12.1 Å². The van der Waals surface area contributed by atoms with E-state index in [9.17, 15) is 9.59 Å². The van der Waals surface area contributed by atoms with Crippen LogP contribution in [0.25, 0.3) is 11.2 Å². The third-order valence-corrected chi connectivity index (χ3v) is 2.28. The number of aromatic nitrogens is 3. The van der Waals surface area contributed by atoms with Crippen molar-refractivity contribution < 1.29 is 4.79 Å². The second-order valence-electron chi connectivity index (χ2n) is 3.28. The highest BCUT2D eigenvalue weighted by Gasteiger charge is 2.09. The van der Waals surface area contributed by atoms with Crippen LogP contribution in [0.2, 0.25) is 0 Å². The van der Waals surface area contributed by atoms with Crippen LogP contribution in [0.4, 0.5) is 0 Å². The van der Waals surface area contributed by atoms with E-state index in [0.29, 0.717) is 17.6 Å². The molecule has 0 unspecified atom stereocenters. The smallest absolute Gasteiger partial charge is 0.298 e. The SMILES string of the molecule is CCC(=O)Cn1c(=O)[nH]c2ncccc21. The van der Waals surface area contributed by atoms with Gasteiger partial charge in [-0.2, -0.15) is 0 Å². The Balaban J connectivity index is 2.54. The Bertz CT molecular complexity index is 553. The molecule has 0 bridgehead atoms. The first kappa shape index (κ1) is 9.64. The third-order valence-electron chi connectivity index (χ3n) is 2.28. The number of ketones is 1. The van der Waals surface area contributed by atoms with Gasteiger partial charge in [-0.25, -0.2) is 9.78 Å². The summed E-state index contributed by atoms with van der Waals surface area (Å²) in [6.07, 6.45) is 2.03. The molecule has 2 rings (SSSR count). The number of Topliss-reactive ketones (excluding diaryl/α,β-unsaturated/α-hetero) is 1. The van der Waals surface area contributed by atoms with Crippen molar-refractivity contribution in [2.75, 3.05) is 0 Å². The summed E-state index contributed by atoms with van der Waals surface area (Å²) in [4.78, 5) is 29.4. The molecule has 2 aromatic rings. The maximum absolute atomic E-state index is 11.5. The molecule has 0 saturated heterocycles. The van der Waals surface area contributed by atoms with E-state index < -0.39 is 0 Å². The molecule has 5 heteroatoms. The number of hydrogen-bond acceptors (Lipinski definition) is 3. The van der Waals surface area contributed by atoms with E-state index in [0.717, 1.165) is 0 Å². The van der Waals surface area contributed by atoms with Gasteiger partial charge < -0.3 is 0 Å². The molecule has 0 aromatic carbocycles. The highest BCUT2D eigenvalue weighted by molar-refractivity contribution is 5.80. The first-order valence-corrected chi connectivity index (χ1v) is 4.77. The predicted molar refractivity (Wildman–Crippen MR) is 55.7 cm³/mol. The average molecular weight is 205 g/mol. The zero-order valence-corrected chi connectivity index (χ0v) is 8.36. The molecule has 0 aliphatic heterocycles. The largest absolute Gasteiger partial charge is 0.328 e. The minimum absolute atomic E-state index is 0.0295. The molecule has 0 radical (unpaired) electrons. The number of nitrogens with one attached hydrogen (secondary N) is 1. The molecule has 78 valence electrons. The number of aromatic amines is 1. The Morgan fingerprint density at radius 3 is 3.13 bits per heavy atom. The maximum Gasteiger partial charge on any atom is 0.328 e. The predicted octanol–water partition coefficient (Wildman–Crippen LogP) is 0.704. The van der Waals surface area contributed by atoms with Crippen LogP contribution < -0.4 is 5.69 Å². The summed E-state index contributed by atoms with van der Waals surface area (Å²) in [5.41, 5.74) is 0.904. The number of carbonyl (C=O) groups is 1. The van der Waals surface area contributed by atoms with E-state index >= 15 is 0 Å². The second-order valence-corrected chi connectivity index (χ2v) is 3.28. The van der Waals surface area contributed by atoms with Crippen LogP contribution in [0.5, 0.6) is 0 Å². The van der Waals surface area contributed by atoms with Gasteiger partial charge in [-0.1, -0.05) is 6.92 Å². The number of carbonyl (C=O) groups excluding carboxylic acids is 1. The molecule has 5 nitrogen and oxygen atoms in total. The Morgan fingerprint density at radius 2 is 2.40 bits per heavy atom. The first-order valence-electron chi connectivity index (χ1n) is 4.77. The van der Waals surface area contributed by atoms with Crippen LogP contribution in [0.15, 0.2) is 23.1 Å². The molecule has 0 aliphatic rings. The van der Waals surface area contributed by atoms with Crippen LogP contribution in [-0.4, -0.2) is 20.3 Å². The average Bonchev–Trinajstić information content (AvgIpc) is 2.55. The lowest BCUT2D eigenvalue weighted by Gasteiger charge is -1.99. The molecular weight excluding hydrogens is 194 g/mol. The van der Waals surface area contributed by atoms with Crippen LogP contribution in [0.3, 0.4) is 0 Å². The van der Waals surface area contributed by atoms with Crippen LogP contribution in [0.1, 0.15) is 13.3 Å². The zero-order valence-electron chi connectivity index (χ0n) is 8.36. The minimum atomic E-state index is -0.287. The molecule has 0 amide bonds. The molecule has 0 atom stereocenters. The van der Waals surface area contributed by atoms with E-state index in [4.69, 9.17) is 0 Å². The summed E-state index contributed by atoms with van der Waals surface area (Å²) in [6.45, 7) is 1.89. The summed E-state index contributed by atoms with van der Waals surface area (Å²) in [6, 6.07) is 3.51. The normalized spacial score (nSPS) is 10.7. The number of rotatable bonds is 3. The first-order chi connectivity index (χ1) is 7.22. The fourth-order valence-corrected chi connectivity index (χ4v) is 1.43. The second kappa shape index (κ2) is 3.68. The summed E-state index contributed by atoms with van der Waals surface area (Å²) in [7, 11) is 0. The number of hydrogen-bond donors (Lipinski definition) is 1.